The normalized spacial score (nSPS) is 12.8. The molecular weight excluding hydrogens is 354 g/mol. The van der Waals surface area contributed by atoms with Gasteiger partial charge in [-0.2, -0.15) is 0 Å². The van der Waals surface area contributed by atoms with Crippen LogP contribution in [0.15, 0.2) is 35.5 Å². The first-order valence-corrected chi connectivity index (χ1v) is 9.43. The van der Waals surface area contributed by atoms with E-state index in [-0.39, 0.29) is 0 Å². The van der Waals surface area contributed by atoms with Crippen LogP contribution in [-0.4, -0.2) is 24.1 Å². The monoisotopic (exact) mass is 385 g/mol. The van der Waals surface area contributed by atoms with E-state index in [1.165, 1.54) is 0 Å². The maximum absolute atomic E-state index is 5.83. The van der Waals surface area contributed by atoms with E-state index in [1.807, 2.05) is 35.0 Å². The number of aromatic nitrogens is 1. The highest BCUT2D eigenvalue weighted by Crippen LogP contribution is 2.20. The standard InChI is InChI=1S/C21H31N5O2/c1-5-6-11-28-25-21(24-16(3)23)20-15(2)9-10-26(20)14-18-8-7-17(13-22)12-19(18)27-4/h7-10,12,25H,2,5-6,11,13-14,22H2,1,3-4H3,(H2,23,24)/b21-20-. The smallest absolute Gasteiger partial charge is 0.176 e. The zero-order valence-corrected chi connectivity index (χ0v) is 17.0. The number of rotatable bonds is 10. The van der Waals surface area contributed by atoms with Gasteiger partial charge in [-0.25, -0.2) is 10.5 Å². The van der Waals surface area contributed by atoms with Crippen LogP contribution in [0.5, 0.6) is 5.75 Å². The molecule has 0 radical (unpaired) electrons. The van der Waals surface area contributed by atoms with Gasteiger partial charge in [0.2, 0.25) is 0 Å². The maximum Gasteiger partial charge on any atom is 0.176 e. The Morgan fingerprint density at radius 3 is 2.75 bits per heavy atom. The number of nitrogens with one attached hydrogen (secondary N) is 1. The summed E-state index contributed by atoms with van der Waals surface area (Å²) in [6.07, 6.45) is 3.96. The summed E-state index contributed by atoms with van der Waals surface area (Å²) in [4.78, 5) is 9.98. The average Bonchev–Trinajstić information content (AvgIpc) is 3.04. The van der Waals surface area contributed by atoms with E-state index < -0.39 is 0 Å². The Kier molecular flexibility index (Phi) is 8.10. The van der Waals surface area contributed by atoms with Gasteiger partial charge in [0.05, 0.1) is 31.4 Å². The van der Waals surface area contributed by atoms with Crippen molar-refractivity contribution in [3.8, 4) is 5.75 Å². The SMILES string of the molecule is C=c1ccn(Cc2ccc(CN)cc2OC)/c1=C(/N=C(\C)N)NOCCCC. The Morgan fingerprint density at radius 1 is 1.32 bits per heavy atom. The summed E-state index contributed by atoms with van der Waals surface area (Å²) in [6, 6.07) is 7.93. The molecule has 7 nitrogen and oxygen atoms in total. The minimum Gasteiger partial charge on any atom is -0.496 e. The van der Waals surface area contributed by atoms with E-state index in [2.05, 4.69) is 24.0 Å². The molecule has 5 N–H and O–H groups in total. The molecule has 0 spiro atoms. The van der Waals surface area contributed by atoms with Crippen molar-refractivity contribution in [1.82, 2.24) is 10.0 Å². The van der Waals surface area contributed by atoms with Crippen LogP contribution >= 0.6 is 0 Å². The summed E-state index contributed by atoms with van der Waals surface area (Å²) < 4.78 is 7.59. The van der Waals surface area contributed by atoms with Crippen molar-refractivity contribution < 1.29 is 9.57 Å². The lowest BCUT2D eigenvalue weighted by atomic mass is 10.1. The first-order valence-electron chi connectivity index (χ1n) is 9.43. The molecular formula is C21H31N5O2. The van der Waals surface area contributed by atoms with Crippen molar-refractivity contribution >= 4 is 18.2 Å². The van der Waals surface area contributed by atoms with Crippen LogP contribution in [0.3, 0.4) is 0 Å². The molecule has 0 saturated heterocycles. The molecule has 0 fully saturated rings. The lowest BCUT2D eigenvalue weighted by Crippen LogP contribution is -2.35. The van der Waals surface area contributed by atoms with E-state index in [0.29, 0.717) is 31.4 Å². The Balaban J connectivity index is 2.46. The van der Waals surface area contributed by atoms with Gasteiger partial charge in [0.1, 0.15) is 5.75 Å². The van der Waals surface area contributed by atoms with Gasteiger partial charge in [0, 0.05) is 18.3 Å². The topological polar surface area (TPSA) is 99.8 Å². The van der Waals surface area contributed by atoms with Crippen LogP contribution in [0.2, 0.25) is 0 Å². The van der Waals surface area contributed by atoms with Gasteiger partial charge in [-0.15, -0.1) is 0 Å². The molecule has 2 aromatic rings. The summed E-state index contributed by atoms with van der Waals surface area (Å²) in [7, 11) is 1.66. The lowest BCUT2D eigenvalue weighted by Gasteiger charge is -2.13. The zero-order valence-electron chi connectivity index (χ0n) is 17.0. The van der Waals surface area contributed by atoms with E-state index >= 15 is 0 Å². The highest BCUT2D eigenvalue weighted by molar-refractivity contribution is 5.81. The molecule has 2 rings (SSSR count). The molecule has 0 aliphatic rings. The maximum atomic E-state index is 5.83. The fourth-order valence-electron chi connectivity index (χ4n) is 2.80. The molecule has 152 valence electrons. The van der Waals surface area contributed by atoms with Crippen molar-refractivity contribution in [2.45, 2.75) is 39.8 Å². The highest BCUT2D eigenvalue weighted by atomic mass is 16.6. The van der Waals surface area contributed by atoms with Crippen LogP contribution in [0, 0.1) is 0 Å². The number of amidine groups is 1. The molecule has 1 aromatic heterocycles. The fraction of sp³-hybridized carbons (Fsp3) is 0.381. The van der Waals surface area contributed by atoms with Crippen LogP contribution in [-0.2, 0) is 17.9 Å². The van der Waals surface area contributed by atoms with Gasteiger partial charge < -0.3 is 20.8 Å². The summed E-state index contributed by atoms with van der Waals surface area (Å²) in [6.45, 7) is 9.61. The Hall–Kier alpha value is -2.77. The minimum atomic E-state index is 0.429. The van der Waals surface area contributed by atoms with E-state index in [9.17, 15) is 0 Å². The quantitative estimate of drug-likeness (QED) is 0.247. The summed E-state index contributed by atoms with van der Waals surface area (Å²) >= 11 is 0. The van der Waals surface area contributed by atoms with Crippen molar-refractivity contribution in [2.24, 2.45) is 16.5 Å². The predicted molar refractivity (Wildman–Crippen MR) is 114 cm³/mol. The predicted octanol–water partition coefficient (Wildman–Crippen LogP) is 1.18. The molecule has 0 atom stereocenters. The Labute approximate surface area is 166 Å². The zero-order chi connectivity index (χ0) is 20.5. The number of unbranched alkanes of at least 4 members (excludes halogenated alkanes) is 1. The third kappa shape index (κ3) is 5.61. The van der Waals surface area contributed by atoms with E-state index in [0.717, 1.165) is 40.3 Å². The van der Waals surface area contributed by atoms with Crippen molar-refractivity contribution in [3.63, 3.8) is 0 Å². The number of methoxy groups -OCH3 is 1. The van der Waals surface area contributed by atoms with Crippen LogP contribution in [0.1, 0.15) is 37.8 Å². The van der Waals surface area contributed by atoms with Crippen LogP contribution in [0.25, 0.3) is 12.4 Å². The van der Waals surface area contributed by atoms with Gasteiger partial charge >= 0.3 is 0 Å². The molecule has 7 heteroatoms. The second kappa shape index (κ2) is 10.5. The first kappa shape index (κ1) is 21.5. The number of hydrogen-bond donors (Lipinski definition) is 3. The number of aliphatic imine (C=N–C) groups is 1. The number of hydroxylamine groups is 1. The molecule has 0 saturated carbocycles. The summed E-state index contributed by atoms with van der Waals surface area (Å²) in [5.74, 6) is 1.75. The van der Waals surface area contributed by atoms with Crippen molar-refractivity contribution in [3.05, 3.63) is 52.2 Å². The molecule has 0 unspecified atom stereocenters. The average molecular weight is 386 g/mol. The number of nitrogens with two attached hydrogens (primary N) is 2. The number of benzene rings is 1. The summed E-state index contributed by atoms with van der Waals surface area (Å²) in [5, 5.41) is 1.63. The second-order valence-corrected chi connectivity index (χ2v) is 6.57. The number of nitrogens with zero attached hydrogens (tertiary/aromatic N) is 2. The largest absolute Gasteiger partial charge is 0.496 e. The molecule has 0 aliphatic carbocycles. The van der Waals surface area contributed by atoms with E-state index in [4.69, 9.17) is 21.0 Å². The van der Waals surface area contributed by atoms with Gasteiger partial charge in [0.15, 0.2) is 5.82 Å². The molecule has 0 aliphatic heterocycles. The lowest BCUT2D eigenvalue weighted by molar-refractivity contribution is 0.0738. The van der Waals surface area contributed by atoms with E-state index in [1.54, 1.807) is 14.0 Å². The molecule has 0 amide bonds. The van der Waals surface area contributed by atoms with Gasteiger partial charge in [-0.3, -0.25) is 4.84 Å². The third-order valence-corrected chi connectivity index (χ3v) is 4.26. The number of ether oxygens (including phenoxy) is 1. The van der Waals surface area contributed by atoms with Crippen molar-refractivity contribution in [1.29, 1.82) is 0 Å². The van der Waals surface area contributed by atoms with Gasteiger partial charge in [0.25, 0.3) is 0 Å². The Morgan fingerprint density at radius 2 is 2.11 bits per heavy atom. The molecule has 1 aromatic carbocycles. The van der Waals surface area contributed by atoms with Crippen molar-refractivity contribution in [2.75, 3.05) is 13.7 Å². The molecule has 28 heavy (non-hydrogen) atoms. The highest BCUT2D eigenvalue weighted by Gasteiger charge is 2.09. The fourth-order valence-corrected chi connectivity index (χ4v) is 2.80. The summed E-state index contributed by atoms with van der Waals surface area (Å²) in [5.41, 5.74) is 16.6. The van der Waals surface area contributed by atoms with Gasteiger partial charge in [-0.05, 0) is 36.3 Å². The third-order valence-electron chi connectivity index (χ3n) is 4.26. The Bertz CT molecular complexity index is 913. The molecule has 0 bridgehead atoms. The minimum absolute atomic E-state index is 0.429. The van der Waals surface area contributed by atoms with Crippen LogP contribution in [0.4, 0.5) is 0 Å². The van der Waals surface area contributed by atoms with Gasteiger partial charge in [-0.1, -0.05) is 32.1 Å². The number of hydrogen-bond acceptors (Lipinski definition) is 5. The first-order chi connectivity index (χ1) is 13.5. The molecule has 1 heterocycles. The van der Waals surface area contributed by atoms with Crippen LogP contribution < -0.4 is 32.3 Å². The second-order valence-electron chi connectivity index (χ2n) is 6.57.